The fourth-order valence-corrected chi connectivity index (χ4v) is 1.81. The summed E-state index contributed by atoms with van der Waals surface area (Å²) in [6.07, 6.45) is 2.62. The molecule has 0 aliphatic heterocycles. The molecule has 0 saturated carbocycles. The molecule has 0 radical (unpaired) electrons. The van der Waals surface area contributed by atoms with E-state index >= 15 is 0 Å². The van der Waals surface area contributed by atoms with Crippen LogP contribution in [0.3, 0.4) is 0 Å². The summed E-state index contributed by atoms with van der Waals surface area (Å²) in [5, 5.41) is 10.7. The van der Waals surface area contributed by atoms with Gasteiger partial charge in [0.2, 0.25) is 0 Å². The molecule has 96 valence electrons. The second kappa shape index (κ2) is 5.03. The van der Waals surface area contributed by atoms with E-state index in [2.05, 4.69) is 22.5 Å². The largest absolute Gasteiger partial charge is 0.361 e. The maximum absolute atomic E-state index is 12.1. The number of amides is 1. The quantitative estimate of drug-likeness (QED) is 0.899. The van der Waals surface area contributed by atoms with Crippen LogP contribution in [0.25, 0.3) is 0 Å². The van der Waals surface area contributed by atoms with Crippen LogP contribution in [0.4, 0.5) is 5.82 Å². The van der Waals surface area contributed by atoms with Gasteiger partial charge >= 0.3 is 0 Å². The number of hydrogen-bond acceptors (Lipinski definition) is 4. The average molecular weight is 248 g/mol. The van der Waals surface area contributed by atoms with E-state index < -0.39 is 0 Å². The number of nitrogens with zero attached hydrogens (tertiary/aromatic N) is 3. The summed E-state index contributed by atoms with van der Waals surface area (Å²) in [4.78, 5) is 12.1. The lowest BCUT2D eigenvalue weighted by Gasteiger charge is -2.07. The number of aryl methyl sites for hydroxylation is 3. The van der Waals surface area contributed by atoms with Crippen LogP contribution < -0.4 is 5.32 Å². The van der Waals surface area contributed by atoms with Crippen molar-refractivity contribution in [1.29, 1.82) is 0 Å². The molecule has 6 nitrogen and oxygen atoms in total. The fraction of sp³-hybridized carbons (Fsp3) is 0.417. The molecular formula is C12H16N4O2. The summed E-state index contributed by atoms with van der Waals surface area (Å²) < 4.78 is 6.74. The Bertz CT molecular complexity index is 537. The maximum Gasteiger partial charge on any atom is 0.262 e. The van der Waals surface area contributed by atoms with Crippen LogP contribution in [0.5, 0.6) is 0 Å². The van der Waals surface area contributed by atoms with Crippen molar-refractivity contribution < 1.29 is 9.32 Å². The summed E-state index contributed by atoms with van der Waals surface area (Å²) in [7, 11) is 0. The molecule has 2 aromatic rings. The van der Waals surface area contributed by atoms with E-state index in [-0.39, 0.29) is 5.91 Å². The smallest absolute Gasteiger partial charge is 0.262 e. The molecule has 0 atom stereocenters. The highest BCUT2D eigenvalue weighted by atomic mass is 16.5. The normalized spacial score (nSPS) is 10.6. The zero-order chi connectivity index (χ0) is 13.1. The molecular weight excluding hydrogens is 232 g/mol. The lowest BCUT2D eigenvalue weighted by atomic mass is 10.2. The molecule has 2 heterocycles. The Hall–Kier alpha value is -2.11. The summed E-state index contributed by atoms with van der Waals surface area (Å²) in [5.41, 5.74) is 1.07. The highest BCUT2D eigenvalue weighted by Gasteiger charge is 2.18. The zero-order valence-corrected chi connectivity index (χ0v) is 10.7. The van der Waals surface area contributed by atoms with E-state index in [9.17, 15) is 4.79 Å². The molecule has 0 unspecified atom stereocenters. The molecule has 0 aromatic carbocycles. The first kappa shape index (κ1) is 12.3. The van der Waals surface area contributed by atoms with Gasteiger partial charge in [-0.15, -0.1) is 0 Å². The van der Waals surface area contributed by atoms with Gasteiger partial charge in [0.25, 0.3) is 5.91 Å². The van der Waals surface area contributed by atoms with Gasteiger partial charge < -0.3 is 9.84 Å². The van der Waals surface area contributed by atoms with E-state index in [0.717, 1.165) is 13.0 Å². The number of hydrogen-bond donors (Lipinski definition) is 1. The molecule has 0 fully saturated rings. The molecule has 1 amide bonds. The van der Waals surface area contributed by atoms with Crippen LogP contribution in [0.15, 0.2) is 16.8 Å². The molecule has 0 bridgehead atoms. The maximum atomic E-state index is 12.1. The van der Waals surface area contributed by atoms with Gasteiger partial charge in [-0.1, -0.05) is 12.1 Å². The molecule has 0 saturated heterocycles. The monoisotopic (exact) mass is 248 g/mol. The second-order valence-electron chi connectivity index (χ2n) is 4.09. The highest BCUT2D eigenvalue weighted by Crippen LogP contribution is 2.15. The van der Waals surface area contributed by atoms with Crippen molar-refractivity contribution in [2.24, 2.45) is 0 Å². The number of carbonyl (C=O) groups excluding carboxylic acids is 1. The van der Waals surface area contributed by atoms with E-state index in [0.29, 0.717) is 22.8 Å². The Morgan fingerprint density at radius 3 is 2.89 bits per heavy atom. The minimum Gasteiger partial charge on any atom is -0.361 e. The SMILES string of the molecule is CCCn1nccc1NC(=O)c1c(C)noc1C. The standard InChI is InChI=1S/C12H16N4O2/c1-4-7-16-10(5-6-13-16)14-12(17)11-8(2)15-18-9(11)3/h5-6H,4,7H2,1-3H3,(H,14,17). The van der Waals surface area contributed by atoms with Crippen molar-refractivity contribution in [1.82, 2.24) is 14.9 Å². The van der Waals surface area contributed by atoms with E-state index in [1.807, 2.05) is 0 Å². The van der Waals surface area contributed by atoms with Crippen molar-refractivity contribution >= 4 is 11.7 Å². The number of nitrogens with one attached hydrogen (secondary N) is 1. The fourth-order valence-electron chi connectivity index (χ4n) is 1.81. The van der Waals surface area contributed by atoms with Gasteiger partial charge in [0.05, 0.1) is 11.9 Å². The summed E-state index contributed by atoms with van der Waals surface area (Å²) >= 11 is 0. The molecule has 0 spiro atoms. The van der Waals surface area contributed by atoms with Crippen LogP contribution in [-0.4, -0.2) is 20.8 Å². The number of aromatic nitrogens is 3. The van der Waals surface area contributed by atoms with Crippen LogP contribution in [0, 0.1) is 13.8 Å². The first-order chi connectivity index (χ1) is 8.63. The number of anilines is 1. The third-order valence-electron chi connectivity index (χ3n) is 2.65. The van der Waals surface area contributed by atoms with Crippen LogP contribution in [-0.2, 0) is 6.54 Å². The van der Waals surface area contributed by atoms with Gasteiger partial charge in [0.15, 0.2) is 0 Å². The van der Waals surface area contributed by atoms with Crippen molar-refractivity contribution in [3.8, 4) is 0 Å². The molecule has 0 aliphatic carbocycles. The van der Waals surface area contributed by atoms with Crippen molar-refractivity contribution in [2.75, 3.05) is 5.32 Å². The summed E-state index contributed by atoms with van der Waals surface area (Å²) in [5.74, 6) is 0.984. The average Bonchev–Trinajstić information content (AvgIpc) is 2.87. The first-order valence-corrected chi connectivity index (χ1v) is 5.89. The third kappa shape index (κ3) is 2.27. The third-order valence-corrected chi connectivity index (χ3v) is 2.65. The van der Waals surface area contributed by atoms with E-state index in [1.54, 1.807) is 30.8 Å². The number of carbonyl (C=O) groups is 1. The van der Waals surface area contributed by atoms with Gasteiger partial charge in [0, 0.05) is 12.6 Å². The number of rotatable bonds is 4. The predicted molar refractivity (Wildman–Crippen MR) is 66.4 cm³/mol. The van der Waals surface area contributed by atoms with Crippen molar-refractivity contribution in [3.63, 3.8) is 0 Å². The molecule has 1 N–H and O–H groups in total. The molecule has 18 heavy (non-hydrogen) atoms. The molecule has 6 heteroatoms. The van der Waals surface area contributed by atoms with Crippen molar-refractivity contribution in [2.45, 2.75) is 33.7 Å². The van der Waals surface area contributed by atoms with E-state index in [4.69, 9.17) is 4.52 Å². The van der Waals surface area contributed by atoms with E-state index in [1.165, 1.54) is 0 Å². The second-order valence-corrected chi connectivity index (χ2v) is 4.09. The summed E-state index contributed by atoms with van der Waals surface area (Å²) in [6, 6.07) is 1.77. The Labute approximate surface area is 105 Å². The van der Waals surface area contributed by atoms with Gasteiger partial charge in [0.1, 0.15) is 17.1 Å². The zero-order valence-electron chi connectivity index (χ0n) is 10.7. The van der Waals surface area contributed by atoms with Gasteiger partial charge in [-0.05, 0) is 20.3 Å². The van der Waals surface area contributed by atoms with Crippen LogP contribution >= 0.6 is 0 Å². The minimum absolute atomic E-state index is 0.218. The lowest BCUT2D eigenvalue weighted by molar-refractivity contribution is 0.102. The van der Waals surface area contributed by atoms with Crippen molar-refractivity contribution in [3.05, 3.63) is 29.3 Å². The van der Waals surface area contributed by atoms with Gasteiger partial charge in [-0.3, -0.25) is 4.79 Å². The minimum atomic E-state index is -0.218. The van der Waals surface area contributed by atoms with Gasteiger partial charge in [-0.2, -0.15) is 5.10 Å². The molecule has 0 aliphatic rings. The van der Waals surface area contributed by atoms with Crippen LogP contribution in [0.1, 0.15) is 35.2 Å². The Morgan fingerprint density at radius 2 is 2.28 bits per heavy atom. The van der Waals surface area contributed by atoms with Gasteiger partial charge in [-0.25, -0.2) is 4.68 Å². The molecule has 2 rings (SSSR count). The Morgan fingerprint density at radius 1 is 1.50 bits per heavy atom. The molecule has 2 aromatic heterocycles. The summed E-state index contributed by atoms with van der Waals surface area (Å²) in [6.45, 7) is 6.29. The lowest BCUT2D eigenvalue weighted by Crippen LogP contribution is -2.17. The topological polar surface area (TPSA) is 73.0 Å². The predicted octanol–water partition coefficient (Wildman–Crippen LogP) is 2.15. The Kier molecular flexibility index (Phi) is 3.45. The highest BCUT2D eigenvalue weighted by molar-refractivity contribution is 6.05. The first-order valence-electron chi connectivity index (χ1n) is 5.89. The van der Waals surface area contributed by atoms with Crippen LogP contribution in [0.2, 0.25) is 0 Å². The Balaban J connectivity index is 2.19.